The quantitative estimate of drug-likeness (QED) is 0.600. The number of fused-ring (bicyclic) bond motifs is 3. The van der Waals surface area contributed by atoms with E-state index in [1.165, 1.54) is 22.2 Å². The lowest BCUT2D eigenvalue weighted by Gasteiger charge is -2.17. The Morgan fingerprint density at radius 3 is 2.77 bits per heavy atom. The molecule has 4 aromatic rings. The van der Waals surface area contributed by atoms with Gasteiger partial charge < -0.3 is 5.32 Å². The van der Waals surface area contributed by atoms with Crippen molar-refractivity contribution in [3.63, 3.8) is 0 Å². The molecule has 7 heteroatoms. The second-order valence-electron chi connectivity index (χ2n) is 5.87. The van der Waals surface area contributed by atoms with E-state index in [1.54, 1.807) is 6.20 Å². The van der Waals surface area contributed by atoms with E-state index >= 15 is 0 Å². The van der Waals surface area contributed by atoms with Crippen molar-refractivity contribution in [2.45, 2.75) is 19.4 Å². The molecule has 0 radical (unpaired) electrons. The summed E-state index contributed by atoms with van der Waals surface area (Å²) in [6.45, 7) is 1.87. The number of amides is 1. The maximum absolute atomic E-state index is 13.0. The molecule has 1 aromatic carbocycles. The van der Waals surface area contributed by atoms with Crippen LogP contribution in [0.3, 0.4) is 0 Å². The van der Waals surface area contributed by atoms with Crippen LogP contribution in [0.4, 0.5) is 5.69 Å². The number of nitrogens with one attached hydrogen (secondary N) is 1. The maximum Gasteiger partial charge on any atom is 0.272 e. The van der Waals surface area contributed by atoms with Crippen LogP contribution >= 0.6 is 11.3 Å². The first-order valence-electron chi connectivity index (χ1n) is 8.29. The third-order valence-corrected chi connectivity index (χ3v) is 5.34. The second kappa shape index (κ2) is 6.68. The van der Waals surface area contributed by atoms with Gasteiger partial charge in [0.2, 0.25) is 5.91 Å². The largest absolute Gasteiger partial charge is 0.324 e. The number of pyridine rings is 1. The number of para-hydroxylation sites is 1. The van der Waals surface area contributed by atoms with Gasteiger partial charge >= 0.3 is 0 Å². The Balaban J connectivity index is 1.76. The maximum atomic E-state index is 13.0. The van der Waals surface area contributed by atoms with E-state index in [2.05, 4.69) is 15.3 Å². The normalized spacial score (nSPS) is 12.3. The third-order valence-electron chi connectivity index (χ3n) is 4.25. The van der Waals surface area contributed by atoms with E-state index < -0.39 is 6.04 Å². The summed E-state index contributed by atoms with van der Waals surface area (Å²) in [7, 11) is 0. The highest BCUT2D eigenvalue weighted by molar-refractivity contribution is 7.25. The summed E-state index contributed by atoms with van der Waals surface area (Å²) < 4.78 is 1.93. The van der Waals surface area contributed by atoms with Gasteiger partial charge in [0.05, 0.1) is 11.8 Å². The number of benzene rings is 1. The van der Waals surface area contributed by atoms with Gasteiger partial charge in [0.1, 0.15) is 15.6 Å². The Kier molecular flexibility index (Phi) is 4.22. The molecule has 1 N–H and O–H groups in total. The van der Waals surface area contributed by atoms with E-state index in [4.69, 9.17) is 0 Å². The highest BCUT2D eigenvalue weighted by Crippen LogP contribution is 2.28. The number of nitrogens with zero attached hydrogens (tertiary/aromatic N) is 3. The number of thiophene rings is 1. The fraction of sp³-hybridized carbons (Fsp3) is 0.158. The number of rotatable bonds is 4. The fourth-order valence-corrected chi connectivity index (χ4v) is 3.99. The molecule has 0 unspecified atom stereocenters. The van der Waals surface area contributed by atoms with Crippen molar-refractivity contribution in [2.24, 2.45) is 0 Å². The van der Waals surface area contributed by atoms with Crippen LogP contribution in [0.15, 0.2) is 59.8 Å². The molecular weight excluding hydrogens is 348 g/mol. The fourth-order valence-electron chi connectivity index (χ4n) is 2.96. The SMILES string of the molecule is CC[C@@H](C(=O)Nc1ccccc1)n1cnc2c(sc3ncccc32)c1=O. The average molecular weight is 364 g/mol. The van der Waals surface area contributed by atoms with Crippen LogP contribution in [-0.4, -0.2) is 20.4 Å². The van der Waals surface area contributed by atoms with Crippen LogP contribution in [-0.2, 0) is 4.79 Å². The third kappa shape index (κ3) is 2.76. The Morgan fingerprint density at radius 2 is 2.00 bits per heavy atom. The summed E-state index contributed by atoms with van der Waals surface area (Å²) in [6, 6.07) is 12.3. The molecule has 0 saturated heterocycles. The number of carbonyl (C=O) groups excluding carboxylic acids is 1. The Morgan fingerprint density at radius 1 is 1.19 bits per heavy atom. The lowest BCUT2D eigenvalue weighted by atomic mass is 10.2. The average Bonchev–Trinajstić information content (AvgIpc) is 3.04. The van der Waals surface area contributed by atoms with Crippen molar-refractivity contribution < 1.29 is 4.79 Å². The monoisotopic (exact) mass is 364 g/mol. The molecule has 3 aromatic heterocycles. The minimum absolute atomic E-state index is 0.215. The summed E-state index contributed by atoms with van der Waals surface area (Å²) >= 11 is 1.31. The molecule has 0 fully saturated rings. The molecule has 0 aliphatic carbocycles. The van der Waals surface area contributed by atoms with E-state index in [1.807, 2.05) is 49.4 Å². The van der Waals surface area contributed by atoms with E-state index in [0.29, 0.717) is 22.3 Å². The highest BCUT2D eigenvalue weighted by Gasteiger charge is 2.22. The number of carbonyl (C=O) groups is 1. The van der Waals surface area contributed by atoms with Crippen molar-refractivity contribution >= 4 is 43.4 Å². The zero-order valence-corrected chi connectivity index (χ0v) is 14.9. The Hall–Kier alpha value is -3.06. The minimum Gasteiger partial charge on any atom is -0.324 e. The molecule has 1 atom stereocenters. The minimum atomic E-state index is -0.627. The van der Waals surface area contributed by atoms with Crippen molar-refractivity contribution in [3.05, 3.63) is 65.3 Å². The number of hydrogen-bond acceptors (Lipinski definition) is 5. The van der Waals surface area contributed by atoms with E-state index in [-0.39, 0.29) is 11.5 Å². The van der Waals surface area contributed by atoms with Gasteiger partial charge in [0.25, 0.3) is 5.56 Å². The molecule has 0 spiro atoms. The molecule has 3 heterocycles. The number of anilines is 1. The molecule has 0 aliphatic rings. The van der Waals surface area contributed by atoms with Crippen LogP contribution in [0, 0.1) is 0 Å². The molecule has 6 nitrogen and oxygen atoms in total. The van der Waals surface area contributed by atoms with Gasteiger partial charge in [-0.15, -0.1) is 11.3 Å². The molecule has 0 bridgehead atoms. The molecule has 1 amide bonds. The van der Waals surface area contributed by atoms with Gasteiger partial charge in [0.15, 0.2) is 0 Å². The van der Waals surface area contributed by atoms with Crippen molar-refractivity contribution in [2.75, 3.05) is 5.32 Å². The van der Waals surface area contributed by atoms with Crippen LogP contribution in [0.2, 0.25) is 0 Å². The Bertz CT molecular complexity index is 1150. The predicted octanol–water partition coefficient (Wildman–Crippen LogP) is 3.60. The predicted molar refractivity (Wildman–Crippen MR) is 104 cm³/mol. The van der Waals surface area contributed by atoms with Gasteiger partial charge in [-0.2, -0.15) is 0 Å². The summed E-state index contributed by atoms with van der Waals surface area (Å²) in [5.74, 6) is -0.235. The van der Waals surface area contributed by atoms with Crippen LogP contribution in [0.5, 0.6) is 0 Å². The number of aromatic nitrogens is 3. The van der Waals surface area contributed by atoms with Crippen molar-refractivity contribution in [1.82, 2.24) is 14.5 Å². The lowest BCUT2D eigenvalue weighted by Crippen LogP contribution is -2.33. The molecule has 0 saturated carbocycles. The summed E-state index contributed by atoms with van der Waals surface area (Å²) in [5, 5.41) is 3.72. The first-order chi connectivity index (χ1) is 12.7. The molecule has 0 aliphatic heterocycles. The standard InChI is InChI=1S/C19H16N4O2S/c1-2-14(17(24)22-12-7-4-3-5-8-12)23-11-21-15-13-9-6-10-20-18(13)26-16(15)19(23)25/h3-11,14H,2H2,1H3,(H,22,24)/t14-/m0/s1. The molecular formula is C19H16N4O2S. The molecule has 4 rings (SSSR count). The van der Waals surface area contributed by atoms with Gasteiger partial charge in [-0.1, -0.05) is 25.1 Å². The smallest absolute Gasteiger partial charge is 0.272 e. The first kappa shape index (κ1) is 16.4. The topological polar surface area (TPSA) is 76.9 Å². The zero-order chi connectivity index (χ0) is 18.1. The van der Waals surface area contributed by atoms with Gasteiger partial charge in [-0.3, -0.25) is 14.2 Å². The van der Waals surface area contributed by atoms with Crippen LogP contribution < -0.4 is 10.9 Å². The van der Waals surface area contributed by atoms with Crippen molar-refractivity contribution in [3.8, 4) is 0 Å². The first-order valence-corrected chi connectivity index (χ1v) is 9.11. The van der Waals surface area contributed by atoms with Gasteiger partial charge in [0, 0.05) is 17.3 Å². The van der Waals surface area contributed by atoms with E-state index in [9.17, 15) is 9.59 Å². The van der Waals surface area contributed by atoms with Gasteiger partial charge in [-0.25, -0.2) is 9.97 Å². The zero-order valence-electron chi connectivity index (χ0n) is 14.0. The molecule has 130 valence electrons. The van der Waals surface area contributed by atoms with Crippen LogP contribution in [0.25, 0.3) is 20.4 Å². The lowest BCUT2D eigenvalue weighted by molar-refractivity contribution is -0.119. The summed E-state index contributed by atoms with van der Waals surface area (Å²) in [6.07, 6.45) is 3.63. The highest BCUT2D eigenvalue weighted by atomic mass is 32.1. The van der Waals surface area contributed by atoms with Gasteiger partial charge in [-0.05, 0) is 30.7 Å². The molecule has 26 heavy (non-hydrogen) atoms. The van der Waals surface area contributed by atoms with E-state index in [0.717, 1.165) is 10.2 Å². The summed E-state index contributed by atoms with van der Waals surface area (Å²) in [4.78, 5) is 35.2. The summed E-state index contributed by atoms with van der Waals surface area (Å²) in [5.41, 5.74) is 1.12. The number of hydrogen-bond donors (Lipinski definition) is 1. The second-order valence-corrected chi connectivity index (χ2v) is 6.87. The van der Waals surface area contributed by atoms with Crippen LogP contribution in [0.1, 0.15) is 19.4 Å². The van der Waals surface area contributed by atoms with Crippen molar-refractivity contribution in [1.29, 1.82) is 0 Å². The Labute approximate surface area is 153 Å².